The van der Waals surface area contributed by atoms with Gasteiger partial charge in [0.05, 0.1) is 6.07 Å². The highest BCUT2D eigenvalue weighted by Gasteiger charge is 2.44. The minimum atomic E-state index is -0.789. The molecule has 0 radical (unpaired) electrons. The van der Waals surface area contributed by atoms with Crippen LogP contribution in [-0.4, -0.2) is 12.5 Å². The number of hydrogen-bond donors (Lipinski definition) is 1. The van der Waals surface area contributed by atoms with Gasteiger partial charge >= 0.3 is 0 Å². The molecule has 1 fully saturated rings. The Balaban J connectivity index is 1.80. The highest BCUT2D eigenvalue weighted by atomic mass is 19.1. The summed E-state index contributed by atoms with van der Waals surface area (Å²) in [4.78, 5) is 11.8. The van der Waals surface area contributed by atoms with Crippen molar-refractivity contribution in [3.05, 3.63) is 35.6 Å². The van der Waals surface area contributed by atoms with E-state index in [9.17, 15) is 9.18 Å². The van der Waals surface area contributed by atoms with E-state index in [2.05, 4.69) is 11.4 Å². The predicted octanol–water partition coefficient (Wildman–Crippen LogP) is 2.18. The third kappa shape index (κ3) is 2.51. The van der Waals surface area contributed by atoms with Gasteiger partial charge in [-0.05, 0) is 43.4 Å². The van der Waals surface area contributed by atoms with Crippen LogP contribution in [0.5, 0.6) is 0 Å². The molecule has 1 aromatic carbocycles. The van der Waals surface area contributed by atoms with Crippen molar-refractivity contribution in [2.45, 2.75) is 25.7 Å². The van der Waals surface area contributed by atoms with Crippen LogP contribution in [0.2, 0.25) is 0 Å². The van der Waals surface area contributed by atoms with E-state index >= 15 is 0 Å². The Bertz CT molecular complexity index is 472. The standard InChI is InChI=1S/C14H15FN2O/c15-12-4-2-11(3-5-12)6-9-17-13(18)14(10-16)7-1-8-14/h2-5H,1,6-9H2,(H,17,18). The van der Waals surface area contributed by atoms with Crippen molar-refractivity contribution in [3.63, 3.8) is 0 Å². The van der Waals surface area contributed by atoms with Gasteiger partial charge in [0.25, 0.3) is 0 Å². The monoisotopic (exact) mass is 246 g/mol. The molecule has 0 aliphatic heterocycles. The topological polar surface area (TPSA) is 52.9 Å². The first-order chi connectivity index (χ1) is 8.66. The van der Waals surface area contributed by atoms with Crippen LogP contribution >= 0.6 is 0 Å². The van der Waals surface area contributed by atoms with Crippen LogP contribution in [-0.2, 0) is 11.2 Å². The zero-order valence-electron chi connectivity index (χ0n) is 10.1. The van der Waals surface area contributed by atoms with E-state index in [0.29, 0.717) is 25.8 Å². The number of hydrogen-bond acceptors (Lipinski definition) is 2. The molecule has 4 heteroatoms. The number of benzene rings is 1. The number of carbonyl (C=O) groups excluding carboxylic acids is 1. The maximum atomic E-state index is 12.7. The van der Waals surface area contributed by atoms with Gasteiger partial charge in [-0.15, -0.1) is 0 Å². The van der Waals surface area contributed by atoms with Crippen LogP contribution in [0, 0.1) is 22.6 Å². The van der Waals surface area contributed by atoms with Crippen molar-refractivity contribution in [3.8, 4) is 6.07 Å². The summed E-state index contributed by atoms with van der Waals surface area (Å²) < 4.78 is 12.7. The van der Waals surface area contributed by atoms with Crippen LogP contribution in [0.4, 0.5) is 4.39 Å². The average Bonchev–Trinajstić information content (AvgIpc) is 2.31. The van der Waals surface area contributed by atoms with Gasteiger partial charge in [0, 0.05) is 6.54 Å². The molecular formula is C14H15FN2O. The van der Waals surface area contributed by atoms with Crippen LogP contribution in [0.3, 0.4) is 0 Å². The Morgan fingerprint density at radius 2 is 2.06 bits per heavy atom. The van der Waals surface area contributed by atoms with E-state index in [1.54, 1.807) is 12.1 Å². The number of halogens is 1. The van der Waals surface area contributed by atoms with Crippen molar-refractivity contribution >= 4 is 5.91 Å². The fraction of sp³-hybridized carbons (Fsp3) is 0.429. The first kappa shape index (κ1) is 12.6. The van der Waals surface area contributed by atoms with Crippen LogP contribution in [0.1, 0.15) is 24.8 Å². The highest BCUT2D eigenvalue weighted by Crippen LogP contribution is 2.40. The van der Waals surface area contributed by atoms with Gasteiger partial charge in [-0.1, -0.05) is 12.1 Å². The van der Waals surface area contributed by atoms with Gasteiger partial charge in [-0.25, -0.2) is 4.39 Å². The molecule has 0 heterocycles. The lowest BCUT2D eigenvalue weighted by molar-refractivity contribution is -0.131. The van der Waals surface area contributed by atoms with Crippen molar-refractivity contribution < 1.29 is 9.18 Å². The highest BCUT2D eigenvalue weighted by molar-refractivity contribution is 5.86. The lowest BCUT2D eigenvalue weighted by atomic mass is 9.69. The smallest absolute Gasteiger partial charge is 0.240 e. The average molecular weight is 246 g/mol. The predicted molar refractivity (Wildman–Crippen MR) is 65.0 cm³/mol. The molecule has 1 aliphatic carbocycles. The van der Waals surface area contributed by atoms with Crippen molar-refractivity contribution in [1.82, 2.24) is 5.32 Å². The molecule has 18 heavy (non-hydrogen) atoms. The van der Waals surface area contributed by atoms with Crippen LogP contribution in [0.25, 0.3) is 0 Å². The number of carbonyl (C=O) groups is 1. The quantitative estimate of drug-likeness (QED) is 0.885. The molecule has 0 atom stereocenters. The van der Waals surface area contributed by atoms with Crippen molar-refractivity contribution in [2.75, 3.05) is 6.54 Å². The van der Waals surface area contributed by atoms with E-state index in [-0.39, 0.29) is 11.7 Å². The maximum Gasteiger partial charge on any atom is 0.240 e. The Morgan fingerprint density at radius 1 is 1.39 bits per heavy atom. The second kappa shape index (κ2) is 5.18. The summed E-state index contributed by atoms with van der Waals surface area (Å²) in [6.45, 7) is 0.480. The fourth-order valence-electron chi connectivity index (χ4n) is 2.06. The molecule has 0 spiro atoms. The lowest BCUT2D eigenvalue weighted by Crippen LogP contribution is -2.45. The molecule has 94 valence electrons. The Morgan fingerprint density at radius 3 is 2.56 bits per heavy atom. The van der Waals surface area contributed by atoms with Gasteiger partial charge in [0.15, 0.2) is 0 Å². The number of nitrogens with zero attached hydrogens (tertiary/aromatic N) is 1. The second-order valence-corrected chi connectivity index (χ2v) is 4.68. The number of nitriles is 1. The SMILES string of the molecule is N#CC1(C(=O)NCCc2ccc(F)cc2)CCC1. The Kier molecular flexibility index (Phi) is 3.61. The molecule has 1 aromatic rings. The van der Waals surface area contributed by atoms with Crippen LogP contribution < -0.4 is 5.32 Å². The number of nitrogens with one attached hydrogen (secondary N) is 1. The first-order valence-electron chi connectivity index (χ1n) is 6.10. The molecule has 1 saturated carbocycles. The zero-order valence-corrected chi connectivity index (χ0v) is 10.1. The summed E-state index contributed by atoms with van der Waals surface area (Å²) in [5, 5.41) is 11.8. The summed E-state index contributed by atoms with van der Waals surface area (Å²) in [6, 6.07) is 8.31. The minimum absolute atomic E-state index is 0.168. The molecule has 0 unspecified atom stereocenters. The van der Waals surface area contributed by atoms with Gasteiger partial charge in [0.1, 0.15) is 11.2 Å². The molecule has 1 N–H and O–H groups in total. The summed E-state index contributed by atoms with van der Waals surface area (Å²) in [5.74, 6) is -0.431. The van der Waals surface area contributed by atoms with E-state index < -0.39 is 5.41 Å². The molecule has 1 amide bonds. The van der Waals surface area contributed by atoms with E-state index in [4.69, 9.17) is 5.26 Å². The largest absolute Gasteiger partial charge is 0.354 e. The Labute approximate surface area is 106 Å². The summed E-state index contributed by atoms with van der Waals surface area (Å²) in [7, 11) is 0. The van der Waals surface area contributed by atoms with Gasteiger partial charge in [0.2, 0.25) is 5.91 Å². The number of rotatable bonds is 4. The first-order valence-corrected chi connectivity index (χ1v) is 6.10. The molecule has 3 nitrogen and oxygen atoms in total. The van der Waals surface area contributed by atoms with Gasteiger partial charge in [-0.2, -0.15) is 5.26 Å². The van der Waals surface area contributed by atoms with E-state index in [0.717, 1.165) is 12.0 Å². The van der Waals surface area contributed by atoms with E-state index in [1.807, 2.05) is 0 Å². The van der Waals surface area contributed by atoms with Crippen molar-refractivity contribution in [2.24, 2.45) is 5.41 Å². The lowest BCUT2D eigenvalue weighted by Gasteiger charge is -2.33. The second-order valence-electron chi connectivity index (χ2n) is 4.68. The van der Waals surface area contributed by atoms with Crippen molar-refractivity contribution in [1.29, 1.82) is 5.26 Å². The summed E-state index contributed by atoms with van der Waals surface area (Å²) in [5.41, 5.74) is 0.180. The maximum absolute atomic E-state index is 12.7. The zero-order chi connectivity index (χ0) is 13.0. The molecular weight excluding hydrogens is 231 g/mol. The fourth-order valence-corrected chi connectivity index (χ4v) is 2.06. The minimum Gasteiger partial charge on any atom is -0.354 e. The summed E-state index contributed by atoms with van der Waals surface area (Å²) in [6.07, 6.45) is 2.91. The molecule has 0 saturated heterocycles. The molecule has 2 rings (SSSR count). The molecule has 0 aromatic heterocycles. The summed E-state index contributed by atoms with van der Waals surface area (Å²) >= 11 is 0. The molecule has 1 aliphatic rings. The van der Waals surface area contributed by atoms with Gasteiger partial charge in [-0.3, -0.25) is 4.79 Å². The van der Waals surface area contributed by atoms with Crippen LogP contribution in [0.15, 0.2) is 24.3 Å². The number of amides is 1. The molecule has 0 bridgehead atoms. The Hall–Kier alpha value is -1.89. The van der Waals surface area contributed by atoms with E-state index in [1.165, 1.54) is 12.1 Å². The van der Waals surface area contributed by atoms with Gasteiger partial charge < -0.3 is 5.32 Å². The third-order valence-electron chi connectivity index (χ3n) is 3.47. The third-order valence-corrected chi connectivity index (χ3v) is 3.47. The normalized spacial score (nSPS) is 16.4.